The van der Waals surface area contributed by atoms with Crippen LogP contribution >= 0.6 is 0 Å². The normalized spacial score (nSPS) is 10.7. The van der Waals surface area contributed by atoms with Crippen LogP contribution in [0.3, 0.4) is 0 Å². The summed E-state index contributed by atoms with van der Waals surface area (Å²) in [6.45, 7) is 0.406. The fourth-order valence-electron chi connectivity index (χ4n) is 2.52. The number of fused-ring (bicyclic) bond motifs is 1. The van der Waals surface area contributed by atoms with E-state index in [-0.39, 0.29) is 17.9 Å². The van der Waals surface area contributed by atoms with Crippen molar-refractivity contribution in [1.82, 2.24) is 19.9 Å². The molecule has 2 N–H and O–H groups in total. The quantitative estimate of drug-likeness (QED) is 0.742. The second-order valence-electron chi connectivity index (χ2n) is 5.51. The lowest BCUT2D eigenvalue weighted by molar-refractivity contribution is -0.129. The van der Waals surface area contributed by atoms with Gasteiger partial charge in [0.15, 0.2) is 0 Å². The second-order valence-corrected chi connectivity index (χ2v) is 5.51. The van der Waals surface area contributed by atoms with Crippen molar-refractivity contribution < 1.29 is 4.79 Å². The zero-order chi connectivity index (χ0) is 17.1. The maximum Gasteiger partial charge on any atom is 0.325 e. The number of nitrogens with zero attached hydrogens (tertiary/aromatic N) is 2. The molecule has 0 aliphatic carbocycles. The van der Waals surface area contributed by atoms with Crippen LogP contribution in [0.25, 0.3) is 10.9 Å². The first-order valence-electron chi connectivity index (χ1n) is 7.42. The predicted octanol–water partition coefficient (Wildman–Crippen LogP) is 0.812. The Kier molecular flexibility index (Phi) is 4.24. The maximum atomic E-state index is 12.4. The Morgan fingerprint density at radius 2 is 2.00 bits per heavy atom. The van der Waals surface area contributed by atoms with Crippen LogP contribution in [0.4, 0.5) is 0 Å². The smallest absolute Gasteiger partial charge is 0.325 e. The van der Waals surface area contributed by atoms with E-state index in [1.54, 1.807) is 18.1 Å². The van der Waals surface area contributed by atoms with Gasteiger partial charge in [0.1, 0.15) is 0 Å². The molecule has 0 fully saturated rings. The molecule has 0 saturated carbocycles. The lowest BCUT2D eigenvalue weighted by atomic mass is 10.1. The van der Waals surface area contributed by atoms with Gasteiger partial charge in [-0.15, -0.1) is 0 Å². The number of nitrogens with one attached hydrogen (secondary N) is 2. The standard InChI is InChI=1S/C17H16N4O3/c1-21(15(22)8-12-9-19-17(24)20-16(12)23)10-11-4-2-6-14-13(11)5-3-7-18-14/h2-7,9H,8,10H2,1H3,(H2,19,20,23,24). The first-order valence-corrected chi connectivity index (χ1v) is 7.42. The summed E-state index contributed by atoms with van der Waals surface area (Å²) in [4.78, 5) is 45.4. The molecular weight excluding hydrogens is 308 g/mol. The first-order chi connectivity index (χ1) is 11.5. The summed E-state index contributed by atoms with van der Waals surface area (Å²) in [5, 5.41) is 0.988. The van der Waals surface area contributed by atoms with Gasteiger partial charge in [-0.2, -0.15) is 0 Å². The van der Waals surface area contributed by atoms with Crippen LogP contribution in [-0.2, 0) is 17.8 Å². The highest BCUT2D eigenvalue weighted by molar-refractivity contribution is 5.83. The van der Waals surface area contributed by atoms with E-state index in [9.17, 15) is 14.4 Å². The maximum absolute atomic E-state index is 12.4. The van der Waals surface area contributed by atoms with Gasteiger partial charge in [-0.3, -0.25) is 19.6 Å². The highest BCUT2D eigenvalue weighted by Gasteiger charge is 2.14. The largest absolute Gasteiger partial charge is 0.341 e. The Bertz CT molecular complexity index is 1000. The van der Waals surface area contributed by atoms with Crippen molar-refractivity contribution in [3.05, 3.63) is 74.7 Å². The Morgan fingerprint density at radius 3 is 2.79 bits per heavy atom. The summed E-state index contributed by atoms with van der Waals surface area (Å²) in [5.74, 6) is -0.214. The molecule has 3 aromatic rings. The van der Waals surface area contributed by atoms with E-state index in [1.165, 1.54) is 6.20 Å². The monoisotopic (exact) mass is 324 g/mol. The van der Waals surface area contributed by atoms with Crippen LogP contribution in [0.2, 0.25) is 0 Å². The van der Waals surface area contributed by atoms with Crippen LogP contribution < -0.4 is 11.2 Å². The van der Waals surface area contributed by atoms with Gasteiger partial charge < -0.3 is 9.88 Å². The van der Waals surface area contributed by atoms with E-state index >= 15 is 0 Å². The second kappa shape index (κ2) is 6.49. The fourth-order valence-corrected chi connectivity index (χ4v) is 2.52. The zero-order valence-electron chi connectivity index (χ0n) is 13.1. The van der Waals surface area contributed by atoms with E-state index in [0.29, 0.717) is 6.54 Å². The Labute approximate surface area is 137 Å². The topological polar surface area (TPSA) is 98.9 Å². The molecule has 7 heteroatoms. The Balaban J connectivity index is 1.78. The SMILES string of the molecule is CN(Cc1cccc2ncccc12)C(=O)Cc1c[nH]c(=O)[nH]c1=O. The Hall–Kier alpha value is -3.22. The van der Waals surface area contributed by atoms with Crippen LogP contribution in [0.5, 0.6) is 0 Å². The molecule has 2 aromatic heterocycles. The van der Waals surface area contributed by atoms with Crippen LogP contribution in [0.1, 0.15) is 11.1 Å². The van der Waals surface area contributed by atoms with Crippen molar-refractivity contribution in [1.29, 1.82) is 0 Å². The molecule has 24 heavy (non-hydrogen) atoms. The van der Waals surface area contributed by atoms with Crippen LogP contribution in [0, 0.1) is 0 Å². The molecule has 0 spiro atoms. The van der Waals surface area contributed by atoms with Crippen molar-refractivity contribution in [3.63, 3.8) is 0 Å². The molecule has 0 aliphatic heterocycles. The molecule has 1 aromatic carbocycles. The average Bonchev–Trinajstić information content (AvgIpc) is 2.57. The average molecular weight is 324 g/mol. The lowest BCUT2D eigenvalue weighted by Gasteiger charge is -2.18. The number of H-pyrrole nitrogens is 2. The third-order valence-electron chi connectivity index (χ3n) is 3.81. The van der Waals surface area contributed by atoms with E-state index in [2.05, 4.69) is 15.0 Å². The number of benzene rings is 1. The number of carbonyl (C=O) groups excluding carboxylic acids is 1. The van der Waals surface area contributed by atoms with E-state index in [0.717, 1.165) is 16.5 Å². The molecule has 0 bridgehead atoms. The molecular formula is C17H16N4O3. The van der Waals surface area contributed by atoms with Gasteiger partial charge in [0.25, 0.3) is 5.56 Å². The molecule has 3 rings (SSSR count). The van der Waals surface area contributed by atoms with Gasteiger partial charge in [0.2, 0.25) is 5.91 Å². The molecule has 0 radical (unpaired) electrons. The van der Waals surface area contributed by atoms with Gasteiger partial charge in [0.05, 0.1) is 11.9 Å². The summed E-state index contributed by atoms with van der Waals surface area (Å²) < 4.78 is 0. The predicted molar refractivity (Wildman–Crippen MR) is 89.6 cm³/mol. The molecule has 7 nitrogen and oxygen atoms in total. The van der Waals surface area contributed by atoms with Crippen molar-refractivity contribution >= 4 is 16.8 Å². The third kappa shape index (κ3) is 3.24. The number of aromatic amines is 2. The molecule has 0 unspecified atom stereocenters. The summed E-state index contributed by atoms with van der Waals surface area (Å²) in [6, 6.07) is 9.58. The van der Waals surface area contributed by atoms with Crippen molar-refractivity contribution in [2.24, 2.45) is 0 Å². The van der Waals surface area contributed by atoms with Crippen molar-refractivity contribution in [2.75, 3.05) is 7.05 Å². The van der Waals surface area contributed by atoms with E-state index in [1.807, 2.05) is 30.3 Å². The number of aromatic nitrogens is 3. The number of carbonyl (C=O) groups is 1. The minimum absolute atomic E-state index is 0.0777. The molecule has 0 saturated heterocycles. The highest BCUT2D eigenvalue weighted by atomic mass is 16.2. The highest BCUT2D eigenvalue weighted by Crippen LogP contribution is 2.17. The number of amides is 1. The van der Waals surface area contributed by atoms with Gasteiger partial charge in [-0.05, 0) is 17.7 Å². The molecule has 0 atom stereocenters. The van der Waals surface area contributed by atoms with Gasteiger partial charge in [0, 0.05) is 36.9 Å². The molecule has 2 heterocycles. The summed E-state index contributed by atoms with van der Waals surface area (Å²) in [5.41, 5.74) is 0.938. The molecule has 122 valence electrons. The number of hydrogen-bond donors (Lipinski definition) is 2. The van der Waals surface area contributed by atoms with Crippen LogP contribution in [-0.4, -0.2) is 32.8 Å². The van der Waals surface area contributed by atoms with Gasteiger partial charge in [-0.1, -0.05) is 18.2 Å². The lowest BCUT2D eigenvalue weighted by Crippen LogP contribution is -2.32. The number of rotatable bonds is 4. The fraction of sp³-hybridized carbons (Fsp3) is 0.176. The number of likely N-dealkylation sites (N-methyl/N-ethyl adjacent to an activating group) is 1. The minimum atomic E-state index is -0.590. The Morgan fingerprint density at radius 1 is 1.17 bits per heavy atom. The summed E-state index contributed by atoms with van der Waals surface area (Å²) >= 11 is 0. The number of hydrogen-bond acceptors (Lipinski definition) is 4. The van der Waals surface area contributed by atoms with E-state index in [4.69, 9.17) is 0 Å². The molecule has 0 aliphatic rings. The summed E-state index contributed by atoms with van der Waals surface area (Å²) in [6.07, 6.45) is 2.92. The summed E-state index contributed by atoms with van der Waals surface area (Å²) in [7, 11) is 1.68. The van der Waals surface area contributed by atoms with Gasteiger partial charge in [-0.25, -0.2) is 4.79 Å². The first kappa shape index (κ1) is 15.7. The van der Waals surface area contributed by atoms with E-state index < -0.39 is 11.2 Å². The molecule has 1 amide bonds. The van der Waals surface area contributed by atoms with Crippen LogP contribution in [0.15, 0.2) is 52.3 Å². The van der Waals surface area contributed by atoms with Crippen molar-refractivity contribution in [3.8, 4) is 0 Å². The number of pyridine rings is 1. The van der Waals surface area contributed by atoms with Crippen molar-refractivity contribution in [2.45, 2.75) is 13.0 Å². The van der Waals surface area contributed by atoms with Gasteiger partial charge >= 0.3 is 5.69 Å². The third-order valence-corrected chi connectivity index (χ3v) is 3.81. The minimum Gasteiger partial charge on any atom is -0.341 e. The zero-order valence-corrected chi connectivity index (χ0v) is 13.1.